The highest BCUT2D eigenvalue weighted by molar-refractivity contribution is 5.77. The lowest BCUT2D eigenvalue weighted by atomic mass is 10.00. The molecular weight excluding hydrogens is 362 g/mol. The molecule has 0 fully saturated rings. The van der Waals surface area contributed by atoms with E-state index in [9.17, 15) is 4.79 Å². The number of rotatable bonds is 8. The van der Waals surface area contributed by atoms with Gasteiger partial charge in [-0.15, -0.1) is 0 Å². The summed E-state index contributed by atoms with van der Waals surface area (Å²) in [6.45, 7) is 9.33. The Kier molecular flexibility index (Phi) is 7.30. The van der Waals surface area contributed by atoms with Crippen LogP contribution in [-0.2, 0) is 11.3 Å². The standard InChI is InChI=1S/C24H31N3O2/c1-18(2)22-15-19(3)9-10-23(22)29-17-24(28)26-25-21-11-13-27(14-12-21)16-20-7-5-4-6-8-20/h4-11,15,18,25H,12-14,16-17H2,1-3H3,(H,26,28)/p+1. The Balaban J connectivity index is 1.42. The number of nitrogens with one attached hydrogen (secondary N) is 3. The van der Waals surface area contributed by atoms with Gasteiger partial charge in [-0.2, -0.15) is 0 Å². The molecule has 2 aromatic carbocycles. The Hall–Kier alpha value is -2.79. The zero-order chi connectivity index (χ0) is 20.6. The van der Waals surface area contributed by atoms with E-state index in [-0.39, 0.29) is 12.5 Å². The van der Waals surface area contributed by atoms with Crippen molar-refractivity contribution < 1.29 is 14.4 Å². The molecule has 5 nitrogen and oxygen atoms in total. The van der Waals surface area contributed by atoms with E-state index in [1.165, 1.54) is 16.0 Å². The van der Waals surface area contributed by atoms with Crippen LogP contribution in [0.5, 0.6) is 5.75 Å². The van der Waals surface area contributed by atoms with Crippen molar-refractivity contribution in [2.24, 2.45) is 0 Å². The number of benzene rings is 2. The molecule has 0 aliphatic carbocycles. The zero-order valence-electron chi connectivity index (χ0n) is 17.6. The fourth-order valence-electron chi connectivity index (χ4n) is 3.52. The van der Waals surface area contributed by atoms with Gasteiger partial charge in [-0.25, -0.2) is 0 Å². The summed E-state index contributed by atoms with van der Waals surface area (Å²) >= 11 is 0. The largest absolute Gasteiger partial charge is 0.483 e. The fraction of sp³-hybridized carbons (Fsp3) is 0.375. The maximum atomic E-state index is 12.2. The van der Waals surface area contributed by atoms with Crippen LogP contribution in [0.25, 0.3) is 0 Å². The zero-order valence-corrected chi connectivity index (χ0v) is 17.6. The molecule has 0 spiro atoms. The minimum absolute atomic E-state index is 0.00551. The smallest absolute Gasteiger partial charge is 0.276 e. The Morgan fingerprint density at radius 2 is 1.97 bits per heavy atom. The van der Waals surface area contributed by atoms with Gasteiger partial charge in [-0.3, -0.25) is 10.2 Å². The number of quaternary nitrogens is 1. The van der Waals surface area contributed by atoms with Crippen molar-refractivity contribution in [3.05, 3.63) is 77.0 Å². The van der Waals surface area contributed by atoms with Gasteiger partial charge >= 0.3 is 0 Å². The lowest BCUT2D eigenvalue weighted by molar-refractivity contribution is -0.909. The van der Waals surface area contributed by atoms with Crippen LogP contribution in [0.4, 0.5) is 0 Å². The van der Waals surface area contributed by atoms with Crippen LogP contribution >= 0.6 is 0 Å². The molecule has 2 aromatic rings. The number of hydrogen-bond donors (Lipinski definition) is 3. The lowest BCUT2D eigenvalue weighted by Crippen LogP contribution is -3.11. The van der Waals surface area contributed by atoms with Gasteiger partial charge in [-0.1, -0.05) is 61.9 Å². The summed E-state index contributed by atoms with van der Waals surface area (Å²) in [5, 5.41) is 0. The van der Waals surface area contributed by atoms with E-state index in [2.05, 4.69) is 68.0 Å². The van der Waals surface area contributed by atoms with Gasteiger partial charge in [0.1, 0.15) is 12.3 Å². The van der Waals surface area contributed by atoms with Crippen molar-refractivity contribution in [3.8, 4) is 5.75 Å². The van der Waals surface area contributed by atoms with Gasteiger partial charge in [0.2, 0.25) is 0 Å². The Morgan fingerprint density at radius 3 is 2.66 bits per heavy atom. The Bertz CT molecular complexity index is 846. The molecule has 3 rings (SSSR count). The molecule has 1 unspecified atom stereocenters. The average Bonchev–Trinajstić information content (AvgIpc) is 2.73. The Morgan fingerprint density at radius 1 is 1.17 bits per heavy atom. The molecule has 1 atom stereocenters. The first-order valence-corrected chi connectivity index (χ1v) is 10.4. The number of hydrogen-bond acceptors (Lipinski definition) is 3. The summed E-state index contributed by atoms with van der Waals surface area (Å²) in [5.74, 6) is 0.942. The van der Waals surface area contributed by atoms with Crippen LogP contribution in [0, 0.1) is 6.92 Å². The van der Waals surface area contributed by atoms with Crippen LogP contribution in [0.1, 0.15) is 42.9 Å². The monoisotopic (exact) mass is 394 g/mol. The molecule has 0 aromatic heterocycles. The Labute approximate surface area is 173 Å². The number of amides is 1. The van der Waals surface area contributed by atoms with E-state index in [0.29, 0.717) is 5.92 Å². The van der Waals surface area contributed by atoms with Crippen molar-refractivity contribution in [2.75, 3.05) is 19.7 Å². The van der Waals surface area contributed by atoms with E-state index >= 15 is 0 Å². The molecule has 1 aliphatic rings. The molecule has 3 N–H and O–H groups in total. The van der Waals surface area contributed by atoms with Crippen molar-refractivity contribution in [1.29, 1.82) is 0 Å². The lowest BCUT2D eigenvalue weighted by Gasteiger charge is -2.24. The normalized spacial score (nSPS) is 16.3. The summed E-state index contributed by atoms with van der Waals surface area (Å²) in [5.41, 5.74) is 10.6. The van der Waals surface area contributed by atoms with Crippen LogP contribution < -0.4 is 20.5 Å². The third kappa shape index (κ3) is 6.36. The van der Waals surface area contributed by atoms with Crippen molar-refractivity contribution in [1.82, 2.24) is 10.9 Å². The maximum Gasteiger partial charge on any atom is 0.276 e. The van der Waals surface area contributed by atoms with Gasteiger partial charge < -0.3 is 15.1 Å². The molecule has 1 amide bonds. The molecule has 154 valence electrons. The van der Waals surface area contributed by atoms with Crippen molar-refractivity contribution in [2.45, 2.75) is 39.7 Å². The SMILES string of the molecule is Cc1ccc(OCC(=O)NNC2=CC[NH+](Cc3ccccc3)CC2)c(C(C)C)c1. The third-order valence-corrected chi connectivity index (χ3v) is 5.19. The second-order valence-corrected chi connectivity index (χ2v) is 8.00. The average molecular weight is 395 g/mol. The summed E-state index contributed by atoms with van der Waals surface area (Å²) in [7, 11) is 0. The minimum atomic E-state index is -0.180. The quantitative estimate of drug-likeness (QED) is 0.603. The number of hydrazine groups is 1. The topological polar surface area (TPSA) is 54.8 Å². The summed E-state index contributed by atoms with van der Waals surface area (Å²) < 4.78 is 5.76. The van der Waals surface area contributed by atoms with E-state index in [1.54, 1.807) is 0 Å². The maximum absolute atomic E-state index is 12.2. The second kappa shape index (κ2) is 10.1. The molecule has 5 heteroatoms. The van der Waals surface area contributed by atoms with E-state index in [1.807, 2.05) is 18.2 Å². The molecule has 29 heavy (non-hydrogen) atoms. The predicted octanol–water partition coefficient (Wildman–Crippen LogP) is 2.49. The molecule has 1 aliphatic heterocycles. The van der Waals surface area contributed by atoms with Gasteiger partial charge in [0, 0.05) is 17.7 Å². The van der Waals surface area contributed by atoms with E-state index < -0.39 is 0 Å². The van der Waals surface area contributed by atoms with Crippen LogP contribution in [0.2, 0.25) is 0 Å². The van der Waals surface area contributed by atoms with E-state index in [0.717, 1.165) is 43.1 Å². The number of carbonyl (C=O) groups is 1. The number of ether oxygens (including phenoxy) is 1. The first-order chi connectivity index (χ1) is 14.0. The molecular formula is C24H32N3O2+. The second-order valence-electron chi connectivity index (χ2n) is 8.00. The van der Waals surface area contributed by atoms with Gasteiger partial charge in [0.05, 0.1) is 13.1 Å². The van der Waals surface area contributed by atoms with Crippen molar-refractivity contribution in [3.63, 3.8) is 0 Å². The van der Waals surface area contributed by atoms with Crippen LogP contribution in [0.3, 0.4) is 0 Å². The summed E-state index contributed by atoms with van der Waals surface area (Å²) in [6, 6.07) is 16.6. The van der Waals surface area contributed by atoms with Gasteiger partial charge in [-0.05, 0) is 30.5 Å². The van der Waals surface area contributed by atoms with Crippen molar-refractivity contribution >= 4 is 5.91 Å². The third-order valence-electron chi connectivity index (χ3n) is 5.19. The molecule has 0 radical (unpaired) electrons. The highest BCUT2D eigenvalue weighted by atomic mass is 16.5. The van der Waals surface area contributed by atoms with E-state index in [4.69, 9.17) is 4.74 Å². The summed E-state index contributed by atoms with van der Waals surface area (Å²) in [4.78, 5) is 13.7. The fourth-order valence-corrected chi connectivity index (χ4v) is 3.52. The molecule has 1 heterocycles. The molecule has 0 saturated heterocycles. The minimum Gasteiger partial charge on any atom is -0.483 e. The van der Waals surface area contributed by atoms with Crippen LogP contribution in [-0.4, -0.2) is 25.6 Å². The van der Waals surface area contributed by atoms with Gasteiger partial charge in [0.25, 0.3) is 5.91 Å². The van der Waals surface area contributed by atoms with Gasteiger partial charge in [0.15, 0.2) is 6.61 Å². The number of carbonyl (C=O) groups excluding carboxylic acids is 1. The van der Waals surface area contributed by atoms with Crippen LogP contribution in [0.15, 0.2) is 60.3 Å². The highest BCUT2D eigenvalue weighted by Crippen LogP contribution is 2.27. The first-order valence-electron chi connectivity index (χ1n) is 10.4. The number of aryl methyl sites for hydroxylation is 1. The highest BCUT2D eigenvalue weighted by Gasteiger charge is 2.16. The first kappa shape index (κ1) is 20.9. The molecule has 0 saturated carbocycles. The summed E-state index contributed by atoms with van der Waals surface area (Å²) in [6.07, 6.45) is 3.08. The molecule has 0 bridgehead atoms. The predicted molar refractivity (Wildman–Crippen MR) is 116 cm³/mol.